The number of aliphatic hydroxyl groups excluding tert-OH is 1. The van der Waals surface area contributed by atoms with Gasteiger partial charge in [0.05, 0.1) is 29.1 Å². The van der Waals surface area contributed by atoms with Gasteiger partial charge < -0.3 is 9.84 Å². The average Bonchev–Trinajstić information content (AvgIpc) is 2.92. The lowest BCUT2D eigenvalue weighted by molar-refractivity contribution is 0.0902. The Hall–Kier alpha value is -0.580. The molecule has 0 spiro atoms. The fourth-order valence-electron chi connectivity index (χ4n) is 2.28. The number of aryl methyl sites for hydroxylation is 2. The first-order valence-corrected chi connectivity index (χ1v) is 6.48. The molecule has 0 aliphatic carbocycles. The van der Waals surface area contributed by atoms with Crippen molar-refractivity contribution >= 4 is 11.6 Å². The van der Waals surface area contributed by atoms with Crippen molar-refractivity contribution in [1.29, 1.82) is 0 Å². The summed E-state index contributed by atoms with van der Waals surface area (Å²) >= 11 is 6.22. The first-order valence-electron chi connectivity index (χ1n) is 6.11. The summed E-state index contributed by atoms with van der Waals surface area (Å²) < 4.78 is 7.16. The second-order valence-electron chi connectivity index (χ2n) is 4.56. The Kier molecular flexibility index (Phi) is 4.07. The zero-order chi connectivity index (χ0) is 12.4. The first kappa shape index (κ1) is 12.9. The van der Waals surface area contributed by atoms with Crippen molar-refractivity contribution in [2.45, 2.75) is 39.3 Å². The van der Waals surface area contributed by atoms with E-state index >= 15 is 0 Å². The Morgan fingerprint density at radius 3 is 3.00 bits per heavy atom. The summed E-state index contributed by atoms with van der Waals surface area (Å²) in [7, 11) is 0. The minimum Gasteiger partial charge on any atom is -0.392 e. The molecule has 0 bridgehead atoms. The Balaban J connectivity index is 2.11. The third-order valence-corrected chi connectivity index (χ3v) is 3.86. The molecule has 2 heterocycles. The molecule has 1 aromatic heterocycles. The van der Waals surface area contributed by atoms with Gasteiger partial charge in [-0.15, -0.1) is 0 Å². The quantitative estimate of drug-likeness (QED) is 0.896. The molecular formula is C12H19ClN2O2. The number of hydrogen-bond acceptors (Lipinski definition) is 3. The van der Waals surface area contributed by atoms with Crippen LogP contribution in [0.25, 0.3) is 0 Å². The van der Waals surface area contributed by atoms with Crippen LogP contribution < -0.4 is 0 Å². The summed E-state index contributed by atoms with van der Waals surface area (Å²) in [6.07, 6.45) is 1.09. The fourth-order valence-corrected chi connectivity index (χ4v) is 2.50. The molecule has 1 saturated heterocycles. The third kappa shape index (κ3) is 2.64. The highest BCUT2D eigenvalue weighted by atomic mass is 35.5. The lowest BCUT2D eigenvalue weighted by Crippen LogP contribution is -2.24. The van der Waals surface area contributed by atoms with E-state index in [1.54, 1.807) is 0 Å². The number of halogens is 1. The van der Waals surface area contributed by atoms with E-state index in [1.165, 1.54) is 0 Å². The van der Waals surface area contributed by atoms with Crippen molar-refractivity contribution < 1.29 is 9.84 Å². The lowest BCUT2D eigenvalue weighted by Gasteiger charge is -2.17. The van der Waals surface area contributed by atoms with Gasteiger partial charge in [0.15, 0.2) is 0 Å². The molecule has 2 unspecified atom stereocenters. The third-order valence-electron chi connectivity index (χ3n) is 3.36. The number of aliphatic hydroxyl groups is 1. The van der Waals surface area contributed by atoms with E-state index < -0.39 is 6.10 Å². The molecule has 17 heavy (non-hydrogen) atoms. The summed E-state index contributed by atoms with van der Waals surface area (Å²) in [6.45, 7) is 6.09. The molecule has 1 aliphatic heterocycles. The second kappa shape index (κ2) is 5.38. The summed E-state index contributed by atoms with van der Waals surface area (Å²) in [5.74, 6) is 0.228. The zero-order valence-electron chi connectivity index (χ0n) is 10.3. The maximum atomic E-state index is 10.2. The summed E-state index contributed by atoms with van der Waals surface area (Å²) in [5.41, 5.74) is 1.77. The molecule has 1 aliphatic rings. The topological polar surface area (TPSA) is 47.3 Å². The molecule has 1 aromatic rings. The largest absolute Gasteiger partial charge is 0.392 e. The monoisotopic (exact) mass is 258 g/mol. The van der Waals surface area contributed by atoms with Crippen molar-refractivity contribution in [1.82, 2.24) is 9.78 Å². The molecule has 5 heteroatoms. The number of hydrogen-bond donors (Lipinski definition) is 1. The van der Waals surface area contributed by atoms with Crippen molar-refractivity contribution in [3.63, 3.8) is 0 Å². The van der Waals surface area contributed by atoms with Gasteiger partial charge in [-0.2, -0.15) is 5.10 Å². The number of rotatable bonds is 4. The minimum absolute atomic E-state index is 0.228. The maximum absolute atomic E-state index is 10.2. The van der Waals surface area contributed by atoms with Crippen molar-refractivity contribution in [3.8, 4) is 0 Å². The smallest absolute Gasteiger partial charge is 0.0848 e. The van der Waals surface area contributed by atoms with Crippen LogP contribution in [0, 0.1) is 12.8 Å². The van der Waals surface area contributed by atoms with Gasteiger partial charge in [-0.3, -0.25) is 4.68 Å². The van der Waals surface area contributed by atoms with Gasteiger partial charge in [-0.1, -0.05) is 11.6 Å². The summed E-state index contributed by atoms with van der Waals surface area (Å²) in [5, 5.41) is 15.2. The highest BCUT2D eigenvalue weighted by Gasteiger charge is 2.26. The molecule has 0 amide bonds. The number of aromatic nitrogens is 2. The van der Waals surface area contributed by atoms with Crippen LogP contribution in [-0.4, -0.2) is 34.2 Å². The Morgan fingerprint density at radius 2 is 2.41 bits per heavy atom. The highest BCUT2D eigenvalue weighted by Crippen LogP contribution is 2.25. The van der Waals surface area contributed by atoms with Gasteiger partial charge in [0.1, 0.15) is 0 Å². The number of ether oxygens (including phenoxy) is 1. The lowest BCUT2D eigenvalue weighted by atomic mass is 9.97. The highest BCUT2D eigenvalue weighted by molar-refractivity contribution is 6.31. The minimum atomic E-state index is -0.392. The normalized spacial score (nSPS) is 22.0. The molecule has 96 valence electrons. The van der Waals surface area contributed by atoms with E-state index in [4.69, 9.17) is 16.3 Å². The standard InChI is InChI=1S/C12H19ClN2O2/c1-3-15-10(12(13)8(2)14-15)6-11(16)9-4-5-17-7-9/h9,11,16H,3-7H2,1-2H3. The van der Waals surface area contributed by atoms with E-state index in [0.717, 1.165) is 31.0 Å². The van der Waals surface area contributed by atoms with Crippen LogP contribution in [0.4, 0.5) is 0 Å². The van der Waals surface area contributed by atoms with Crippen LogP contribution in [0.15, 0.2) is 0 Å². The van der Waals surface area contributed by atoms with Crippen molar-refractivity contribution in [3.05, 3.63) is 16.4 Å². The van der Waals surface area contributed by atoms with Crippen LogP contribution in [0.2, 0.25) is 5.02 Å². The molecule has 0 radical (unpaired) electrons. The second-order valence-corrected chi connectivity index (χ2v) is 4.93. The molecule has 0 saturated carbocycles. The average molecular weight is 259 g/mol. The van der Waals surface area contributed by atoms with E-state index in [1.807, 2.05) is 18.5 Å². The molecule has 1 N–H and O–H groups in total. The summed E-state index contributed by atoms with van der Waals surface area (Å²) in [6, 6.07) is 0. The molecule has 0 aromatic carbocycles. The van der Waals surface area contributed by atoms with Crippen molar-refractivity contribution in [2.24, 2.45) is 5.92 Å². The Morgan fingerprint density at radius 1 is 1.65 bits per heavy atom. The first-order chi connectivity index (χ1) is 8.13. The van der Waals surface area contributed by atoms with Gasteiger partial charge in [0.2, 0.25) is 0 Å². The SMILES string of the molecule is CCn1nc(C)c(Cl)c1CC(O)C1CCOC1. The molecule has 2 atom stereocenters. The van der Waals surface area contributed by atoms with Crippen LogP contribution in [0.3, 0.4) is 0 Å². The van der Waals surface area contributed by atoms with Crippen LogP contribution >= 0.6 is 11.6 Å². The fraction of sp³-hybridized carbons (Fsp3) is 0.750. The van der Waals surface area contributed by atoms with E-state index in [0.29, 0.717) is 18.1 Å². The van der Waals surface area contributed by atoms with E-state index in [2.05, 4.69) is 5.10 Å². The number of nitrogens with zero attached hydrogens (tertiary/aromatic N) is 2. The zero-order valence-corrected chi connectivity index (χ0v) is 11.1. The van der Waals surface area contributed by atoms with Gasteiger partial charge in [0.25, 0.3) is 0 Å². The van der Waals surface area contributed by atoms with Crippen molar-refractivity contribution in [2.75, 3.05) is 13.2 Å². The van der Waals surface area contributed by atoms with Gasteiger partial charge in [0, 0.05) is 25.5 Å². The van der Waals surface area contributed by atoms with E-state index in [9.17, 15) is 5.11 Å². The van der Waals surface area contributed by atoms with E-state index in [-0.39, 0.29) is 5.92 Å². The molecule has 2 rings (SSSR count). The maximum Gasteiger partial charge on any atom is 0.0848 e. The van der Waals surface area contributed by atoms with Gasteiger partial charge in [-0.05, 0) is 20.3 Å². The van der Waals surface area contributed by atoms with Gasteiger partial charge >= 0.3 is 0 Å². The Labute approximate surface area is 107 Å². The van der Waals surface area contributed by atoms with Crippen LogP contribution in [0.1, 0.15) is 24.7 Å². The van der Waals surface area contributed by atoms with Gasteiger partial charge in [-0.25, -0.2) is 0 Å². The summed E-state index contributed by atoms with van der Waals surface area (Å²) in [4.78, 5) is 0. The molecular weight excluding hydrogens is 240 g/mol. The van der Waals surface area contributed by atoms with Crippen LogP contribution in [0.5, 0.6) is 0 Å². The predicted molar refractivity (Wildman–Crippen MR) is 66.3 cm³/mol. The molecule has 4 nitrogen and oxygen atoms in total. The predicted octanol–water partition coefficient (Wildman–Crippen LogP) is 1.80. The molecule has 1 fully saturated rings. The van der Waals surface area contributed by atoms with Crippen LogP contribution in [-0.2, 0) is 17.7 Å². The Bertz CT molecular complexity index is 386.